The van der Waals surface area contributed by atoms with Crippen molar-refractivity contribution < 1.29 is 0 Å². The van der Waals surface area contributed by atoms with E-state index in [1.807, 2.05) is 18.5 Å². The van der Waals surface area contributed by atoms with Crippen molar-refractivity contribution >= 4 is 27.2 Å². The van der Waals surface area contributed by atoms with Crippen molar-refractivity contribution in [1.29, 1.82) is 0 Å². The molecule has 4 nitrogen and oxygen atoms in total. The Bertz CT molecular complexity index is 434. The number of nitrogens with zero attached hydrogens (tertiary/aromatic N) is 4. The maximum Gasteiger partial charge on any atom is 0.198 e. The Morgan fingerprint density at radius 2 is 2.17 bits per heavy atom. The molecule has 0 atom stereocenters. The van der Waals surface area contributed by atoms with Crippen LogP contribution in [0.1, 0.15) is 5.82 Å². The number of rotatable bonds is 0. The van der Waals surface area contributed by atoms with Crippen LogP contribution in [0.4, 0.5) is 0 Å². The highest BCUT2D eigenvalue weighted by atomic mass is 79.9. The second-order valence-corrected chi connectivity index (χ2v) is 3.37. The van der Waals surface area contributed by atoms with Gasteiger partial charge in [0.25, 0.3) is 0 Å². The van der Waals surface area contributed by atoms with E-state index >= 15 is 0 Å². The van der Waals surface area contributed by atoms with Crippen LogP contribution in [0.5, 0.6) is 0 Å². The van der Waals surface area contributed by atoms with Crippen LogP contribution < -0.4 is 0 Å². The Hall–Kier alpha value is -0.970. The van der Waals surface area contributed by atoms with Gasteiger partial charge in [0, 0.05) is 7.05 Å². The smallest absolute Gasteiger partial charge is 0.198 e. The summed E-state index contributed by atoms with van der Waals surface area (Å²) in [5, 5.41) is 0. The summed E-state index contributed by atoms with van der Waals surface area (Å²) in [6.07, 6.45) is 1.67. The van der Waals surface area contributed by atoms with Crippen molar-refractivity contribution in [3.05, 3.63) is 16.6 Å². The van der Waals surface area contributed by atoms with Crippen LogP contribution in [-0.4, -0.2) is 19.5 Å². The van der Waals surface area contributed by atoms with E-state index in [0.717, 1.165) is 11.5 Å². The van der Waals surface area contributed by atoms with Gasteiger partial charge >= 0.3 is 0 Å². The van der Waals surface area contributed by atoms with E-state index in [9.17, 15) is 0 Å². The third-order valence-electron chi connectivity index (χ3n) is 1.78. The quantitative estimate of drug-likeness (QED) is 0.683. The number of aromatic nitrogens is 4. The van der Waals surface area contributed by atoms with Gasteiger partial charge < -0.3 is 4.57 Å². The summed E-state index contributed by atoms with van der Waals surface area (Å²) in [6.45, 7) is 1.93. The molecule has 0 aliphatic heterocycles. The number of hydrogen-bond acceptors (Lipinski definition) is 3. The molecule has 0 N–H and O–H groups in total. The number of imidazole rings is 1. The highest BCUT2D eigenvalue weighted by Gasteiger charge is 2.05. The van der Waals surface area contributed by atoms with E-state index in [2.05, 4.69) is 30.9 Å². The third-order valence-corrected chi connectivity index (χ3v) is 2.16. The van der Waals surface area contributed by atoms with Gasteiger partial charge in [-0.25, -0.2) is 15.0 Å². The van der Waals surface area contributed by atoms with E-state index in [1.165, 1.54) is 0 Å². The van der Waals surface area contributed by atoms with Crippen LogP contribution in [0, 0.1) is 6.92 Å². The molecule has 0 aromatic carbocycles. The fourth-order valence-corrected chi connectivity index (χ4v) is 1.32. The fourth-order valence-electron chi connectivity index (χ4n) is 1.05. The van der Waals surface area contributed by atoms with E-state index in [4.69, 9.17) is 0 Å². The molecule has 0 unspecified atom stereocenters. The number of aryl methyl sites for hydroxylation is 2. The highest BCUT2D eigenvalue weighted by molar-refractivity contribution is 9.10. The van der Waals surface area contributed by atoms with Crippen LogP contribution in [0.15, 0.2) is 10.8 Å². The Labute approximate surface area is 77.8 Å². The van der Waals surface area contributed by atoms with Crippen LogP contribution in [0.3, 0.4) is 0 Å². The SMILES string of the molecule is Cc1nc2nc(Br)cnc2n1C. The number of halogens is 1. The van der Waals surface area contributed by atoms with Crippen LogP contribution >= 0.6 is 15.9 Å². The first-order valence-corrected chi connectivity index (χ1v) is 4.29. The lowest BCUT2D eigenvalue weighted by Gasteiger charge is -1.93. The summed E-state index contributed by atoms with van der Waals surface area (Å²) < 4.78 is 2.63. The molecule has 0 bridgehead atoms. The average molecular weight is 227 g/mol. The van der Waals surface area contributed by atoms with Gasteiger partial charge in [0.15, 0.2) is 11.3 Å². The lowest BCUT2D eigenvalue weighted by atomic mass is 10.6. The first-order chi connectivity index (χ1) is 5.68. The molecule has 2 aromatic heterocycles. The van der Waals surface area contributed by atoms with Gasteiger partial charge in [0.1, 0.15) is 10.4 Å². The molecular weight excluding hydrogens is 220 g/mol. The van der Waals surface area contributed by atoms with Gasteiger partial charge in [0.2, 0.25) is 0 Å². The maximum absolute atomic E-state index is 4.23. The molecule has 2 rings (SSSR count). The van der Waals surface area contributed by atoms with E-state index in [0.29, 0.717) is 10.3 Å². The Kier molecular flexibility index (Phi) is 1.61. The van der Waals surface area contributed by atoms with Crippen LogP contribution in [-0.2, 0) is 7.05 Å². The molecule has 5 heteroatoms. The summed E-state index contributed by atoms with van der Waals surface area (Å²) >= 11 is 3.24. The van der Waals surface area contributed by atoms with Crippen LogP contribution in [0.2, 0.25) is 0 Å². The molecule has 2 aromatic rings. The van der Waals surface area contributed by atoms with Gasteiger partial charge in [-0.05, 0) is 22.9 Å². The van der Waals surface area contributed by atoms with Crippen molar-refractivity contribution in [2.75, 3.05) is 0 Å². The van der Waals surface area contributed by atoms with Gasteiger partial charge in [-0.3, -0.25) is 0 Å². The molecule has 12 heavy (non-hydrogen) atoms. The zero-order chi connectivity index (χ0) is 8.72. The summed E-state index contributed by atoms with van der Waals surface area (Å²) in [6, 6.07) is 0. The van der Waals surface area contributed by atoms with Crippen LogP contribution in [0.25, 0.3) is 11.3 Å². The monoisotopic (exact) mass is 226 g/mol. The largest absolute Gasteiger partial charge is 0.315 e. The Balaban J connectivity index is 2.87. The van der Waals surface area contributed by atoms with E-state index in [-0.39, 0.29) is 0 Å². The summed E-state index contributed by atoms with van der Waals surface area (Å²) in [4.78, 5) is 12.6. The lowest BCUT2D eigenvalue weighted by Crippen LogP contribution is -1.92. The predicted molar refractivity (Wildman–Crippen MR) is 48.7 cm³/mol. The third kappa shape index (κ3) is 1.01. The predicted octanol–water partition coefficient (Wildman–Crippen LogP) is 1.43. The molecule has 0 aliphatic rings. The zero-order valence-electron chi connectivity index (χ0n) is 6.74. The van der Waals surface area contributed by atoms with Crippen molar-refractivity contribution in [2.24, 2.45) is 7.05 Å². The van der Waals surface area contributed by atoms with Crippen molar-refractivity contribution in [3.8, 4) is 0 Å². The molecule has 62 valence electrons. The molecule has 2 heterocycles. The molecular formula is C7H7BrN4. The zero-order valence-corrected chi connectivity index (χ0v) is 8.33. The molecule has 0 fully saturated rings. The molecule has 0 radical (unpaired) electrons. The normalized spacial score (nSPS) is 10.9. The Morgan fingerprint density at radius 1 is 1.42 bits per heavy atom. The summed E-state index contributed by atoms with van der Waals surface area (Å²) in [5.74, 6) is 0.920. The van der Waals surface area contributed by atoms with E-state index in [1.54, 1.807) is 6.20 Å². The summed E-state index contributed by atoms with van der Waals surface area (Å²) in [5.41, 5.74) is 1.50. The summed E-state index contributed by atoms with van der Waals surface area (Å²) in [7, 11) is 1.92. The molecule has 0 saturated heterocycles. The lowest BCUT2D eigenvalue weighted by molar-refractivity contribution is 0.874. The van der Waals surface area contributed by atoms with Gasteiger partial charge in [-0.1, -0.05) is 0 Å². The number of fused-ring (bicyclic) bond motifs is 1. The first kappa shape index (κ1) is 7.67. The molecule has 0 aliphatic carbocycles. The molecule has 0 spiro atoms. The minimum absolute atomic E-state index is 0.685. The van der Waals surface area contributed by atoms with Gasteiger partial charge in [-0.15, -0.1) is 0 Å². The molecule has 0 amide bonds. The van der Waals surface area contributed by atoms with Crippen molar-refractivity contribution in [3.63, 3.8) is 0 Å². The van der Waals surface area contributed by atoms with Crippen molar-refractivity contribution in [1.82, 2.24) is 19.5 Å². The number of hydrogen-bond donors (Lipinski definition) is 0. The maximum atomic E-state index is 4.23. The van der Waals surface area contributed by atoms with Crippen molar-refractivity contribution in [2.45, 2.75) is 6.92 Å². The van der Waals surface area contributed by atoms with E-state index < -0.39 is 0 Å². The highest BCUT2D eigenvalue weighted by Crippen LogP contribution is 2.12. The second kappa shape index (κ2) is 2.52. The van der Waals surface area contributed by atoms with Gasteiger partial charge in [-0.2, -0.15) is 0 Å². The standard InChI is InChI=1S/C7H7BrN4/c1-4-10-6-7(12(4)2)9-3-5(8)11-6/h3H,1-2H3. The second-order valence-electron chi connectivity index (χ2n) is 2.56. The minimum atomic E-state index is 0.685. The molecule has 0 saturated carbocycles. The average Bonchev–Trinajstić information content (AvgIpc) is 2.28. The topological polar surface area (TPSA) is 43.6 Å². The Morgan fingerprint density at radius 3 is 2.92 bits per heavy atom. The fraction of sp³-hybridized carbons (Fsp3) is 0.286. The van der Waals surface area contributed by atoms with Gasteiger partial charge in [0.05, 0.1) is 6.20 Å². The first-order valence-electron chi connectivity index (χ1n) is 3.50. The minimum Gasteiger partial charge on any atom is -0.315 e.